The van der Waals surface area contributed by atoms with E-state index in [4.69, 9.17) is 4.98 Å². The third-order valence-electron chi connectivity index (χ3n) is 5.66. The van der Waals surface area contributed by atoms with Crippen LogP contribution in [0.25, 0.3) is 16.6 Å². The number of carbonyl (C=O) groups excluding carboxylic acids is 1. The number of unbranched alkanes of at least 4 members (excludes halogenated alkanes) is 1. The molecule has 1 heterocycles. The first kappa shape index (κ1) is 23.7. The Morgan fingerprint density at radius 1 is 1.12 bits per heavy atom. The van der Waals surface area contributed by atoms with E-state index in [1.807, 2.05) is 67.3 Å². The van der Waals surface area contributed by atoms with Crippen molar-refractivity contribution in [2.75, 3.05) is 6.54 Å². The van der Waals surface area contributed by atoms with Crippen LogP contribution in [0.1, 0.15) is 71.3 Å². The van der Waals surface area contributed by atoms with Gasteiger partial charge in [-0.1, -0.05) is 58.4 Å². The number of nitrogens with zero attached hydrogens (tertiary/aromatic N) is 3. The highest BCUT2D eigenvalue weighted by Gasteiger charge is 2.29. The maximum absolute atomic E-state index is 13.6. The maximum Gasteiger partial charge on any atom is 0.266 e. The lowest BCUT2D eigenvalue weighted by Gasteiger charge is -2.32. The third-order valence-corrected chi connectivity index (χ3v) is 5.66. The number of rotatable bonds is 7. The van der Waals surface area contributed by atoms with Crippen molar-refractivity contribution < 1.29 is 4.79 Å². The fourth-order valence-electron chi connectivity index (χ4n) is 4.00. The Morgan fingerprint density at radius 2 is 1.84 bits per heavy atom. The van der Waals surface area contributed by atoms with Crippen LogP contribution in [0.3, 0.4) is 0 Å². The second kappa shape index (κ2) is 9.68. The molecule has 0 saturated carbocycles. The molecule has 1 amide bonds. The summed E-state index contributed by atoms with van der Waals surface area (Å²) in [6.07, 6.45) is 2.34. The molecule has 2 aromatic carbocycles. The van der Waals surface area contributed by atoms with Crippen LogP contribution in [0.5, 0.6) is 0 Å². The molecule has 1 atom stereocenters. The van der Waals surface area contributed by atoms with Crippen molar-refractivity contribution in [1.82, 2.24) is 14.5 Å². The molecular weight excluding hydrogens is 398 g/mol. The molecule has 0 N–H and O–H groups in total. The van der Waals surface area contributed by atoms with Crippen LogP contribution in [-0.2, 0) is 4.79 Å². The summed E-state index contributed by atoms with van der Waals surface area (Å²) in [5, 5.41) is 0.575. The summed E-state index contributed by atoms with van der Waals surface area (Å²) in [7, 11) is 0. The molecule has 32 heavy (non-hydrogen) atoms. The van der Waals surface area contributed by atoms with Crippen molar-refractivity contribution in [3.8, 4) is 5.69 Å². The lowest BCUT2D eigenvalue weighted by atomic mass is 9.91. The Balaban J connectivity index is 2.21. The number of amides is 1. The molecule has 0 aliphatic heterocycles. The number of fused-ring (bicyclic) bond motifs is 1. The van der Waals surface area contributed by atoms with Crippen LogP contribution in [0.2, 0.25) is 0 Å². The van der Waals surface area contributed by atoms with Crippen LogP contribution >= 0.6 is 0 Å². The number of para-hydroxylation sites is 1. The van der Waals surface area contributed by atoms with Gasteiger partial charge in [0.15, 0.2) is 0 Å². The second-order valence-corrected chi connectivity index (χ2v) is 9.82. The van der Waals surface area contributed by atoms with Gasteiger partial charge < -0.3 is 4.90 Å². The predicted octanol–water partition coefficient (Wildman–Crippen LogP) is 5.82. The van der Waals surface area contributed by atoms with Crippen LogP contribution in [-0.4, -0.2) is 26.9 Å². The minimum absolute atomic E-state index is 0.0941. The molecule has 0 saturated heterocycles. The van der Waals surface area contributed by atoms with Crippen LogP contribution < -0.4 is 5.56 Å². The van der Waals surface area contributed by atoms with Crippen LogP contribution in [0.4, 0.5) is 0 Å². The SMILES string of the molecule is CCCCN(C(=O)CC(C)(C)C)C(C)c1nc2ccccc2c(=O)n1-c1cccc(C)c1. The van der Waals surface area contributed by atoms with E-state index >= 15 is 0 Å². The third kappa shape index (κ3) is 5.26. The van der Waals surface area contributed by atoms with E-state index < -0.39 is 0 Å². The Bertz CT molecular complexity index is 1160. The van der Waals surface area contributed by atoms with Gasteiger partial charge in [0.05, 0.1) is 22.6 Å². The lowest BCUT2D eigenvalue weighted by molar-refractivity contribution is -0.135. The number of benzene rings is 2. The number of aryl methyl sites for hydroxylation is 1. The number of carbonyl (C=O) groups is 1. The Hall–Kier alpha value is -2.95. The number of aromatic nitrogens is 2. The Labute approximate surface area is 191 Å². The predicted molar refractivity (Wildman–Crippen MR) is 131 cm³/mol. The molecule has 0 radical (unpaired) electrons. The summed E-state index contributed by atoms with van der Waals surface area (Å²) in [6, 6.07) is 14.9. The van der Waals surface area contributed by atoms with Gasteiger partial charge in [-0.15, -0.1) is 0 Å². The molecule has 0 aliphatic carbocycles. The Morgan fingerprint density at radius 3 is 2.50 bits per heavy atom. The van der Waals surface area contributed by atoms with E-state index in [1.54, 1.807) is 4.57 Å². The van der Waals surface area contributed by atoms with Crippen molar-refractivity contribution in [2.45, 2.75) is 66.8 Å². The number of hydrogen-bond acceptors (Lipinski definition) is 3. The minimum atomic E-state index is -0.339. The summed E-state index contributed by atoms with van der Waals surface area (Å²) >= 11 is 0. The van der Waals surface area contributed by atoms with Gasteiger partial charge in [0.2, 0.25) is 5.91 Å². The van der Waals surface area contributed by atoms with E-state index in [2.05, 4.69) is 27.7 Å². The zero-order valence-corrected chi connectivity index (χ0v) is 20.2. The smallest absolute Gasteiger partial charge is 0.266 e. The first-order valence-electron chi connectivity index (χ1n) is 11.5. The monoisotopic (exact) mass is 433 g/mol. The second-order valence-electron chi connectivity index (χ2n) is 9.82. The largest absolute Gasteiger partial charge is 0.333 e. The lowest BCUT2D eigenvalue weighted by Crippen LogP contribution is -2.39. The van der Waals surface area contributed by atoms with E-state index in [0.717, 1.165) is 24.1 Å². The quantitative estimate of drug-likeness (QED) is 0.472. The van der Waals surface area contributed by atoms with Crippen molar-refractivity contribution in [1.29, 1.82) is 0 Å². The average Bonchev–Trinajstić information content (AvgIpc) is 2.72. The van der Waals surface area contributed by atoms with Gasteiger partial charge in [-0.05, 0) is 55.5 Å². The van der Waals surface area contributed by atoms with E-state index in [9.17, 15) is 9.59 Å². The summed E-state index contributed by atoms with van der Waals surface area (Å²) in [5.41, 5.74) is 2.26. The highest BCUT2D eigenvalue weighted by atomic mass is 16.2. The zero-order chi connectivity index (χ0) is 23.5. The van der Waals surface area contributed by atoms with Crippen molar-refractivity contribution in [3.05, 3.63) is 70.3 Å². The molecule has 3 aromatic rings. The molecule has 0 spiro atoms. The summed E-state index contributed by atoms with van der Waals surface area (Å²) < 4.78 is 1.68. The zero-order valence-electron chi connectivity index (χ0n) is 20.2. The number of hydrogen-bond donors (Lipinski definition) is 0. The van der Waals surface area contributed by atoms with Gasteiger partial charge in [-0.2, -0.15) is 0 Å². The van der Waals surface area contributed by atoms with E-state index in [0.29, 0.717) is 29.7 Å². The standard InChI is InChI=1S/C27H35N3O2/c1-7-8-16-29(24(31)18-27(4,5)6)20(3)25-28-23-15-10-9-14-22(23)26(32)30(25)21-13-11-12-19(2)17-21/h9-15,17,20H,7-8,16,18H2,1-6H3. The first-order valence-corrected chi connectivity index (χ1v) is 11.5. The average molecular weight is 434 g/mol. The molecule has 170 valence electrons. The molecule has 0 aliphatic rings. The highest BCUT2D eigenvalue weighted by Crippen LogP contribution is 2.27. The molecular formula is C27H35N3O2. The van der Waals surface area contributed by atoms with Crippen molar-refractivity contribution in [2.24, 2.45) is 5.41 Å². The van der Waals surface area contributed by atoms with E-state index in [1.165, 1.54) is 0 Å². The summed E-state index contributed by atoms with van der Waals surface area (Å²) in [6.45, 7) is 13.0. The molecule has 1 unspecified atom stereocenters. The molecule has 0 fully saturated rings. The van der Waals surface area contributed by atoms with Crippen LogP contribution in [0, 0.1) is 12.3 Å². The topological polar surface area (TPSA) is 55.2 Å². The van der Waals surface area contributed by atoms with Gasteiger partial charge >= 0.3 is 0 Å². The Kier molecular flexibility index (Phi) is 7.17. The first-order chi connectivity index (χ1) is 15.1. The molecule has 3 rings (SSSR count). The van der Waals surface area contributed by atoms with E-state index in [-0.39, 0.29) is 22.9 Å². The molecule has 5 nitrogen and oxygen atoms in total. The summed E-state index contributed by atoms with van der Waals surface area (Å²) in [4.78, 5) is 33.8. The fourth-order valence-corrected chi connectivity index (χ4v) is 4.00. The molecule has 0 bridgehead atoms. The van der Waals surface area contributed by atoms with Gasteiger partial charge in [0, 0.05) is 13.0 Å². The van der Waals surface area contributed by atoms with Crippen molar-refractivity contribution >= 4 is 16.8 Å². The fraction of sp³-hybridized carbons (Fsp3) is 0.444. The highest BCUT2D eigenvalue weighted by molar-refractivity contribution is 5.79. The van der Waals surface area contributed by atoms with Gasteiger partial charge in [-0.25, -0.2) is 4.98 Å². The van der Waals surface area contributed by atoms with Gasteiger partial charge in [0.1, 0.15) is 5.82 Å². The van der Waals surface area contributed by atoms with Crippen LogP contribution in [0.15, 0.2) is 53.3 Å². The molecule has 1 aromatic heterocycles. The summed E-state index contributed by atoms with van der Waals surface area (Å²) in [5.74, 6) is 0.689. The maximum atomic E-state index is 13.6. The normalized spacial score (nSPS) is 12.7. The minimum Gasteiger partial charge on any atom is -0.333 e. The van der Waals surface area contributed by atoms with Crippen molar-refractivity contribution in [3.63, 3.8) is 0 Å². The van der Waals surface area contributed by atoms with Gasteiger partial charge in [-0.3, -0.25) is 14.2 Å². The van der Waals surface area contributed by atoms with Gasteiger partial charge in [0.25, 0.3) is 5.56 Å². The molecule has 5 heteroatoms.